The van der Waals surface area contributed by atoms with Gasteiger partial charge in [-0.15, -0.1) is 0 Å². The van der Waals surface area contributed by atoms with Gasteiger partial charge < -0.3 is 20.3 Å². The molecule has 5 fully saturated rings. The lowest BCUT2D eigenvalue weighted by atomic mass is 9.54. The molecular weight excluding hydrogens is 532 g/mol. The minimum atomic E-state index is 0.457. The third-order valence-electron chi connectivity index (χ3n) is 10.2. The Labute approximate surface area is 248 Å². The van der Waals surface area contributed by atoms with Gasteiger partial charge in [0.25, 0.3) is 0 Å². The van der Waals surface area contributed by atoms with Crippen LogP contribution < -0.4 is 20.3 Å². The number of methoxy groups -OCH3 is 1. The molecule has 2 heterocycles. The van der Waals surface area contributed by atoms with Gasteiger partial charge in [0.05, 0.1) is 19.0 Å². The van der Waals surface area contributed by atoms with Gasteiger partial charge in [-0.1, -0.05) is 29.8 Å². The second-order valence-corrected chi connectivity index (χ2v) is 13.1. The van der Waals surface area contributed by atoms with E-state index in [1.807, 2.05) is 6.07 Å². The molecule has 0 amide bonds. The van der Waals surface area contributed by atoms with Crippen molar-refractivity contribution in [3.8, 4) is 5.75 Å². The first kappa shape index (κ1) is 26.8. The summed E-state index contributed by atoms with van der Waals surface area (Å²) in [6, 6.07) is 13.4. The molecule has 0 spiro atoms. The highest BCUT2D eigenvalue weighted by Crippen LogP contribution is 2.55. The lowest BCUT2D eigenvalue weighted by Gasteiger charge is -2.58. The second kappa shape index (κ2) is 11.0. The Hall–Kier alpha value is -3.03. The Balaban J connectivity index is 1.02. The molecule has 4 saturated carbocycles. The van der Waals surface area contributed by atoms with E-state index >= 15 is 0 Å². The van der Waals surface area contributed by atoms with Crippen LogP contribution in [0.2, 0.25) is 5.02 Å². The molecule has 0 atom stereocenters. The molecule has 0 unspecified atom stereocenters. The van der Waals surface area contributed by atoms with Gasteiger partial charge in [-0.3, -0.25) is 4.90 Å². The Morgan fingerprint density at radius 1 is 0.878 bits per heavy atom. The third kappa shape index (κ3) is 5.23. The maximum Gasteiger partial charge on any atom is 0.229 e. The third-order valence-corrected chi connectivity index (χ3v) is 10.5. The van der Waals surface area contributed by atoms with Crippen molar-refractivity contribution in [3.63, 3.8) is 0 Å². The van der Waals surface area contributed by atoms with E-state index in [4.69, 9.17) is 16.3 Å². The molecule has 1 aliphatic heterocycles. The number of piperazine rings is 1. The summed E-state index contributed by atoms with van der Waals surface area (Å²) >= 11 is 6.47. The first-order valence-electron chi connectivity index (χ1n) is 15.2. The van der Waals surface area contributed by atoms with Crippen molar-refractivity contribution in [2.24, 2.45) is 23.7 Å². The van der Waals surface area contributed by atoms with Crippen molar-refractivity contribution >= 4 is 40.4 Å². The molecule has 3 aromatic rings. The second-order valence-electron chi connectivity index (χ2n) is 12.7. The molecule has 2 aromatic carbocycles. The quantitative estimate of drug-likeness (QED) is 0.310. The summed E-state index contributed by atoms with van der Waals surface area (Å²) in [6.07, 6.45) is 9.11. The molecule has 4 aliphatic carbocycles. The van der Waals surface area contributed by atoms with Gasteiger partial charge in [0.2, 0.25) is 5.95 Å². The van der Waals surface area contributed by atoms with Gasteiger partial charge in [-0.2, -0.15) is 4.98 Å². The Morgan fingerprint density at radius 2 is 1.56 bits per heavy atom. The van der Waals surface area contributed by atoms with Gasteiger partial charge in [-0.25, -0.2) is 4.98 Å². The van der Waals surface area contributed by atoms with Crippen molar-refractivity contribution < 1.29 is 4.74 Å². The maximum atomic E-state index is 6.47. The molecule has 0 radical (unpaired) electrons. The number of ether oxygens (including phenoxy) is 1. The van der Waals surface area contributed by atoms with E-state index in [9.17, 15) is 0 Å². The number of benzene rings is 2. The molecule has 8 rings (SSSR count). The van der Waals surface area contributed by atoms with E-state index in [0.29, 0.717) is 16.8 Å². The summed E-state index contributed by atoms with van der Waals surface area (Å²) in [4.78, 5) is 14.5. The highest BCUT2D eigenvalue weighted by atomic mass is 35.5. The molecule has 2 N–H and O–H groups in total. The van der Waals surface area contributed by atoms with Gasteiger partial charge in [-0.05, 0) is 92.9 Å². The lowest BCUT2D eigenvalue weighted by Crippen LogP contribution is -2.60. The summed E-state index contributed by atoms with van der Waals surface area (Å²) in [5.41, 5.74) is 5.29. The number of hydrogen-bond acceptors (Lipinski definition) is 7. The van der Waals surface area contributed by atoms with E-state index in [0.717, 1.165) is 84.1 Å². The lowest BCUT2D eigenvalue weighted by molar-refractivity contribution is -0.0665. The van der Waals surface area contributed by atoms with Crippen LogP contribution in [0.4, 0.5) is 28.8 Å². The summed E-state index contributed by atoms with van der Waals surface area (Å²) in [5.74, 6) is 5.77. The zero-order valence-electron chi connectivity index (χ0n) is 24.4. The smallest absolute Gasteiger partial charge is 0.229 e. The average molecular weight is 573 g/mol. The van der Waals surface area contributed by atoms with Gasteiger partial charge in [0, 0.05) is 49.7 Å². The normalized spacial score (nSPS) is 27.2. The summed E-state index contributed by atoms with van der Waals surface area (Å²) < 4.78 is 5.81. The van der Waals surface area contributed by atoms with E-state index in [-0.39, 0.29) is 0 Å². The minimum absolute atomic E-state index is 0.457. The van der Waals surface area contributed by atoms with Crippen LogP contribution >= 0.6 is 11.6 Å². The largest absolute Gasteiger partial charge is 0.494 e. The van der Waals surface area contributed by atoms with E-state index in [1.54, 1.807) is 13.3 Å². The number of nitrogens with zero attached hydrogens (tertiary/aromatic N) is 4. The fourth-order valence-corrected chi connectivity index (χ4v) is 8.65. The zero-order valence-corrected chi connectivity index (χ0v) is 25.1. The molecule has 5 aliphatic rings. The Bertz CT molecular complexity index is 1370. The summed E-state index contributed by atoms with van der Waals surface area (Å²) in [5, 5.41) is 7.20. The zero-order chi connectivity index (χ0) is 28.1. The van der Waals surface area contributed by atoms with Crippen LogP contribution in [-0.4, -0.2) is 54.2 Å². The number of halogens is 1. The highest BCUT2D eigenvalue weighted by Gasteiger charge is 2.50. The average Bonchev–Trinajstić information content (AvgIpc) is 2.96. The summed E-state index contributed by atoms with van der Waals surface area (Å²) in [7, 11) is 1.71. The van der Waals surface area contributed by atoms with E-state index in [2.05, 4.69) is 74.6 Å². The number of anilines is 5. The molecular formula is C33H41ClN6O. The van der Waals surface area contributed by atoms with E-state index in [1.165, 1.54) is 37.8 Å². The fraction of sp³-hybridized carbons (Fsp3) is 0.515. The molecule has 216 valence electrons. The van der Waals surface area contributed by atoms with E-state index < -0.39 is 0 Å². The van der Waals surface area contributed by atoms with Gasteiger partial charge >= 0.3 is 0 Å². The number of nitrogens with one attached hydrogen (secondary N) is 2. The monoisotopic (exact) mass is 572 g/mol. The molecule has 41 heavy (non-hydrogen) atoms. The number of aromatic nitrogens is 2. The minimum Gasteiger partial charge on any atom is -0.494 e. The molecule has 1 aromatic heterocycles. The van der Waals surface area contributed by atoms with Gasteiger partial charge in [0.15, 0.2) is 5.82 Å². The SMILES string of the molecule is COc1cc(N2CCN(C3C4CC5CC(C4)CC3C5)CC2)ccc1Nc1ncc(Cl)c(Nc2c(C)cccc2C)n1. The molecule has 1 saturated heterocycles. The van der Waals surface area contributed by atoms with Crippen LogP contribution in [0.1, 0.15) is 43.2 Å². The van der Waals surface area contributed by atoms with Crippen LogP contribution in [0.3, 0.4) is 0 Å². The van der Waals surface area contributed by atoms with Crippen molar-refractivity contribution in [1.29, 1.82) is 0 Å². The van der Waals surface area contributed by atoms with Crippen molar-refractivity contribution in [2.75, 3.05) is 48.8 Å². The molecule has 7 nitrogen and oxygen atoms in total. The maximum absolute atomic E-state index is 6.47. The summed E-state index contributed by atoms with van der Waals surface area (Å²) in [6.45, 7) is 8.57. The Kier molecular flexibility index (Phi) is 7.20. The van der Waals surface area contributed by atoms with Crippen molar-refractivity contribution in [3.05, 3.63) is 58.7 Å². The first-order chi connectivity index (χ1) is 19.9. The number of aryl methyl sites for hydroxylation is 2. The predicted octanol–water partition coefficient (Wildman–Crippen LogP) is 7.19. The van der Waals surface area contributed by atoms with Crippen LogP contribution in [0.25, 0.3) is 0 Å². The van der Waals surface area contributed by atoms with Crippen molar-refractivity contribution in [1.82, 2.24) is 14.9 Å². The standard InChI is InChI=1S/C33H41ClN6O/c1-20-5-4-6-21(2)30(20)37-32-27(34)19-35-33(38-32)36-28-8-7-26(18-29(28)41-3)39-9-11-40(12-10-39)31-24-14-22-13-23(16-24)17-25(31)15-22/h4-8,18-19,22-25,31H,9-17H2,1-3H3,(H2,35,36,37,38). The van der Waals surface area contributed by atoms with Crippen LogP contribution in [0, 0.1) is 37.5 Å². The fourth-order valence-electron chi connectivity index (χ4n) is 8.52. The van der Waals surface area contributed by atoms with Crippen LogP contribution in [0.5, 0.6) is 5.75 Å². The Morgan fingerprint density at radius 3 is 2.22 bits per heavy atom. The number of rotatable bonds is 7. The molecule has 4 bridgehead atoms. The first-order valence-corrected chi connectivity index (χ1v) is 15.6. The number of hydrogen-bond donors (Lipinski definition) is 2. The highest BCUT2D eigenvalue weighted by molar-refractivity contribution is 6.33. The van der Waals surface area contributed by atoms with Crippen LogP contribution in [-0.2, 0) is 0 Å². The number of para-hydroxylation sites is 1. The van der Waals surface area contributed by atoms with Crippen molar-refractivity contribution in [2.45, 2.75) is 52.0 Å². The van der Waals surface area contributed by atoms with Crippen LogP contribution in [0.15, 0.2) is 42.6 Å². The van der Waals surface area contributed by atoms with Gasteiger partial charge in [0.1, 0.15) is 10.8 Å². The molecule has 8 heteroatoms. The predicted molar refractivity (Wildman–Crippen MR) is 167 cm³/mol. The topological polar surface area (TPSA) is 65.6 Å².